The molecule has 0 atom stereocenters. The molecule has 0 unspecified atom stereocenters. The first-order chi connectivity index (χ1) is 3.71. The van der Waals surface area contributed by atoms with Gasteiger partial charge in [-0.3, -0.25) is 9.05 Å². The average Bonchev–Trinajstić information content (AvgIpc) is 1.65. The highest BCUT2D eigenvalue weighted by molar-refractivity contribution is 7.48. The van der Waals surface area contributed by atoms with Crippen molar-refractivity contribution in [2.24, 2.45) is 0 Å². The van der Waals surface area contributed by atoms with E-state index < -0.39 is 7.91 Å². The minimum Gasteiger partial charge on any atom is -0.284 e. The third-order valence-corrected chi connectivity index (χ3v) is 1.76. The molecule has 0 spiro atoms. The van der Waals surface area contributed by atoms with Crippen LogP contribution in [0.15, 0.2) is 0 Å². The Kier molecular flexibility index (Phi) is 1.65. The first-order valence-electron chi connectivity index (χ1n) is 2.29. The smallest absolute Gasteiger partial charge is 0.284 e. The van der Waals surface area contributed by atoms with Gasteiger partial charge in [-0.1, -0.05) is 0 Å². The van der Waals surface area contributed by atoms with Gasteiger partial charge in [0.25, 0.3) is 0 Å². The van der Waals surface area contributed by atoms with Gasteiger partial charge in [-0.15, -0.1) is 4.20 Å². The van der Waals surface area contributed by atoms with E-state index in [0.29, 0.717) is 6.42 Å². The van der Waals surface area contributed by atoms with E-state index in [1.807, 2.05) is 0 Å². The molecule has 0 radical (unpaired) electrons. The Bertz CT molecular complexity index is 116. The maximum Gasteiger partial charge on any atom is 0.513 e. The van der Waals surface area contributed by atoms with Crippen LogP contribution in [-0.4, -0.2) is 13.2 Å². The molecular formula is C3H6FO3P. The molecule has 3 nitrogen and oxygen atoms in total. The van der Waals surface area contributed by atoms with Gasteiger partial charge in [0, 0.05) is 0 Å². The van der Waals surface area contributed by atoms with E-state index in [1.165, 1.54) is 0 Å². The van der Waals surface area contributed by atoms with E-state index in [-0.39, 0.29) is 13.2 Å². The van der Waals surface area contributed by atoms with Gasteiger partial charge in [0.1, 0.15) is 0 Å². The Hall–Kier alpha value is 0.0800. The molecule has 1 rings (SSSR count). The zero-order valence-corrected chi connectivity index (χ0v) is 5.07. The number of halogens is 1. The molecule has 0 aromatic heterocycles. The summed E-state index contributed by atoms with van der Waals surface area (Å²) in [7, 11) is -4.09. The lowest BCUT2D eigenvalue weighted by Crippen LogP contribution is -2.04. The van der Waals surface area contributed by atoms with Crippen LogP contribution < -0.4 is 0 Å². The van der Waals surface area contributed by atoms with Crippen molar-refractivity contribution in [3.63, 3.8) is 0 Å². The highest BCUT2D eigenvalue weighted by Gasteiger charge is 2.26. The first kappa shape index (κ1) is 6.20. The fourth-order valence-corrected chi connectivity index (χ4v) is 1.21. The second-order valence-corrected chi connectivity index (χ2v) is 2.83. The minimum atomic E-state index is -4.09. The van der Waals surface area contributed by atoms with Gasteiger partial charge in [-0.25, -0.2) is 4.57 Å². The number of hydrogen-bond donors (Lipinski definition) is 0. The van der Waals surface area contributed by atoms with Gasteiger partial charge in [0.05, 0.1) is 13.2 Å². The monoisotopic (exact) mass is 140 g/mol. The van der Waals surface area contributed by atoms with Crippen molar-refractivity contribution in [3.8, 4) is 0 Å². The Morgan fingerprint density at radius 2 is 1.88 bits per heavy atom. The van der Waals surface area contributed by atoms with Gasteiger partial charge >= 0.3 is 7.91 Å². The summed E-state index contributed by atoms with van der Waals surface area (Å²) >= 11 is 0. The molecule has 1 saturated heterocycles. The largest absolute Gasteiger partial charge is 0.513 e. The lowest BCUT2D eigenvalue weighted by molar-refractivity contribution is 0.122. The molecule has 0 aromatic carbocycles. The van der Waals surface area contributed by atoms with Crippen molar-refractivity contribution >= 4 is 7.91 Å². The second-order valence-electron chi connectivity index (χ2n) is 1.45. The molecule has 0 saturated carbocycles. The standard InChI is InChI=1S/C3H6FO3P/c4-8(5)6-2-1-3-7-8/h1-3H2. The average molecular weight is 140 g/mol. The summed E-state index contributed by atoms with van der Waals surface area (Å²) in [6.45, 7) is 0.404. The third-order valence-electron chi connectivity index (χ3n) is 0.780. The Balaban J connectivity index is 2.45. The predicted octanol–water partition coefficient (Wildman–Crippen LogP) is 1.50. The number of rotatable bonds is 0. The Labute approximate surface area is 46.4 Å². The van der Waals surface area contributed by atoms with Crippen molar-refractivity contribution < 1.29 is 17.8 Å². The molecule has 0 amide bonds. The fraction of sp³-hybridized carbons (Fsp3) is 1.00. The van der Waals surface area contributed by atoms with E-state index in [0.717, 1.165) is 0 Å². The van der Waals surface area contributed by atoms with Crippen molar-refractivity contribution in [1.29, 1.82) is 0 Å². The van der Waals surface area contributed by atoms with Crippen LogP contribution in [-0.2, 0) is 13.6 Å². The van der Waals surface area contributed by atoms with Gasteiger partial charge in [-0.2, -0.15) is 0 Å². The second kappa shape index (κ2) is 2.13. The topological polar surface area (TPSA) is 35.5 Å². The van der Waals surface area contributed by atoms with Crippen LogP contribution >= 0.6 is 7.91 Å². The quantitative estimate of drug-likeness (QED) is 0.478. The normalized spacial score (nSPS) is 27.6. The van der Waals surface area contributed by atoms with Crippen molar-refractivity contribution in [2.75, 3.05) is 13.2 Å². The molecule has 1 heterocycles. The molecule has 48 valence electrons. The predicted molar refractivity (Wildman–Crippen MR) is 25.2 cm³/mol. The van der Waals surface area contributed by atoms with Crippen LogP contribution in [0.5, 0.6) is 0 Å². The van der Waals surface area contributed by atoms with E-state index in [2.05, 4.69) is 9.05 Å². The molecule has 8 heavy (non-hydrogen) atoms. The highest BCUT2D eigenvalue weighted by Crippen LogP contribution is 2.51. The van der Waals surface area contributed by atoms with Crippen LogP contribution in [0.3, 0.4) is 0 Å². The Morgan fingerprint density at radius 3 is 2.12 bits per heavy atom. The van der Waals surface area contributed by atoms with Crippen LogP contribution in [0.2, 0.25) is 0 Å². The molecule has 1 fully saturated rings. The van der Waals surface area contributed by atoms with Crippen molar-refractivity contribution in [2.45, 2.75) is 6.42 Å². The molecule has 0 aliphatic carbocycles. The van der Waals surface area contributed by atoms with Crippen molar-refractivity contribution in [3.05, 3.63) is 0 Å². The van der Waals surface area contributed by atoms with Crippen LogP contribution in [0, 0.1) is 0 Å². The summed E-state index contributed by atoms with van der Waals surface area (Å²) in [6.07, 6.45) is 0.619. The third kappa shape index (κ3) is 1.54. The van der Waals surface area contributed by atoms with E-state index in [4.69, 9.17) is 0 Å². The zero-order valence-electron chi connectivity index (χ0n) is 4.17. The van der Waals surface area contributed by atoms with Crippen LogP contribution in [0.4, 0.5) is 4.20 Å². The molecule has 0 bridgehead atoms. The summed E-state index contributed by atoms with van der Waals surface area (Å²) in [5.41, 5.74) is 0. The molecular weight excluding hydrogens is 134 g/mol. The van der Waals surface area contributed by atoms with Crippen molar-refractivity contribution in [1.82, 2.24) is 0 Å². The van der Waals surface area contributed by atoms with Gasteiger partial charge in [0.2, 0.25) is 0 Å². The highest BCUT2D eigenvalue weighted by atomic mass is 31.2. The fourth-order valence-electron chi connectivity index (χ4n) is 0.443. The molecule has 1 aliphatic heterocycles. The van der Waals surface area contributed by atoms with E-state index in [9.17, 15) is 8.76 Å². The van der Waals surface area contributed by atoms with Crippen LogP contribution in [0.25, 0.3) is 0 Å². The summed E-state index contributed by atoms with van der Waals surface area (Å²) in [6, 6.07) is 0. The number of hydrogen-bond acceptors (Lipinski definition) is 3. The molecule has 0 aromatic rings. The summed E-state index contributed by atoms with van der Waals surface area (Å²) in [5.74, 6) is 0. The maximum atomic E-state index is 12.0. The molecule has 0 N–H and O–H groups in total. The van der Waals surface area contributed by atoms with Gasteiger partial charge in [0.15, 0.2) is 0 Å². The summed E-state index contributed by atoms with van der Waals surface area (Å²) < 4.78 is 30.4. The summed E-state index contributed by atoms with van der Waals surface area (Å²) in [5, 5.41) is 0. The van der Waals surface area contributed by atoms with Crippen LogP contribution in [0.1, 0.15) is 6.42 Å². The maximum absolute atomic E-state index is 12.0. The Morgan fingerprint density at radius 1 is 1.38 bits per heavy atom. The lowest BCUT2D eigenvalue weighted by Gasteiger charge is -2.14. The lowest BCUT2D eigenvalue weighted by atomic mass is 10.5. The zero-order chi connectivity index (χ0) is 6.04. The minimum absolute atomic E-state index is 0.202. The van der Waals surface area contributed by atoms with Gasteiger partial charge in [-0.05, 0) is 6.42 Å². The van der Waals surface area contributed by atoms with E-state index in [1.54, 1.807) is 0 Å². The van der Waals surface area contributed by atoms with Gasteiger partial charge < -0.3 is 0 Å². The van der Waals surface area contributed by atoms with E-state index >= 15 is 0 Å². The SMILES string of the molecule is O=P1(F)OCCCO1. The molecule has 5 heteroatoms. The first-order valence-corrected chi connectivity index (χ1v) is 3.73. The summed E-state index contributed by atoms with van der Waals surface area (Å²) in [4.78, 5) is 0. The molecule has 1 aliphatic rings.